The minimum Gasteiger partial charge on any atom is -0.508 e. The molecule has 0 aliphatic carbocycles. The molecule has 0 amide bonds. The molecule has 6 aromatic rings. The molecule has 0 aliphatic heterocycles. The Kier molecular flexibility index (Phi) is 10.1. The van der Waals surface area contributed by atoms with E-state index in [-0.39, 0.29) is 11.5 Å². The van der Waals surface area contributed by atoms with E-state index in [0.29, 0.717) is 37.9 Å². The second-order valence-electron chi connectivity index (χ2n) is 11.5. The zero-order valence-corrected chi connectivity index (χ0v) is 26.8. The summed E-state index contributed by atoms with van der Waals surface area (Å²) in [5, 5.41) is 18.9. The van der Waals surface area contributed by atoms with Gasteiger partial charge in [0.05, 0.1) is 0 Å². The van der Waals surface area contributed by atoms with Crippen LogP contribution in [0, 0.1) is 0 Å². The first-order valence-electron chi connectivity index (χ1n) is 15.9. The zero-order chi connectivity index (χ0) is 33.2. The number of aromatic hydroxyl groups is 2. The lowest BCUT2D eigenvalue weighted by molar-refractivity contribution is 0.217. The predicted octanol–water partition coefficient (Wildman–Crippen LogP) is 9.03. The van der Waals surface area contributed by atoms with Crippen molar-refractivity contribution in [2.75, 3.05) is 26.4 Å². The molecule has 0 radical (unpaired) electrons. The summed E-state index contributed by atoms with van der Waals surface area (Å²) in [6.45, 7) is 3.79. The van der Waals surface area contributed by atoms with E-state index in [9.17, 15) is 10.2 Å². The maximum absolute atomic E-state index is 9.46. The van der Waals surface area contributed by atoms with Crippen LogP contribution in [0.1, 0.15) is 23.6 Å². The highest BCUT2D eigenvalue weighted by Gasteiger charge is 2.31. The van der Waals surface area contributed by atoms with E-state index in [0.717, 1.165) is 28.2 Å². The molecule has 0 bridgehead atoms. The fourth-order valence-corrected chi connectivity index (χ4v) is 5.62. The van der Waals surface area contributed by atoms with Crippen molar-refractivity contribution in [3.8, 4) is 45.6 Å². The Morgan fingerprint density at radius 2 is 0.667 bits per heavy atom. The van der Waals surface area contributed by atoms with Crippen molar-refractivity contribution in [3.63, 3.8) is 0 Å². The number of rotatable bonds is 14. The standard InChI is InChI=1S/C42H38O6/c1-42(33-9-7-32(8-10-33)31-5-3-2-4-6-31,34-11-19-38(20-12-34)45-27-29-47-40-23-15-36(43)16-24-40)35-13-21-39(22-14-35)46-28-30-48-41-25-17-37(44)18-26-41/h2-26,43-44H,27-30H2,1H3. The highest BCUT2D eigenvalue weighted by atomic mass is 16.5. The number of hydrogen-bond acceptors (Lipinski definition) is 6. The minimum atomic E-state index is -0.462. The van der Waals surface area contributed by atoms with Gasteiger partial charge < -0.3 is 29.2 Å². The van der Waals surface area contributed by atoms with Crippen LogP contribution in [0.25, 0.3) is 11.1 Å². The molecular weight excluding hydrogens is 600 g/mol. The minimum absolute atomic E-state index is 0.204. The van der Waals surface area contributed by atoms with Crippen molar-refractivity contribution in [3.05, 3.63) is 168 Å². The fourth-order valence-electron chi connectivity index (χ4n) is 5.62. The lowest BCUT2D eigenvalue weighted by atomic mass is 9.71. The highest BCUT2D eigenvalue weighted by molar-refractivity contribution is 5.64. The first-order valence-corrected chi connectivity index (χ1v) is 15.9. The molecule has 6 rings (SSSR count). The van der Waals surface area contributed by atoms with Crippen LogP contribution < -0.4 is 18.9 Å². The molecule has 6 aromatic carbocycles. The van der Waals surface area contributed by atoms with Gasteiger partial charge in [-0.3, -0.25) is 0 Å². The zero-order valence-electron chi connectivity index (χ0n) is 26.8. The van der Waals surface area contributed by atoms with E-state index >= 15 is 0 Å². The van der Waals surface area contributed by atoms with Crippen LogP contribution in [-0.2, 0) is 5.41 Å². The van der Waals surface area contributed by atoms with Gasteiger partial charge in [0.15, 0.2) is 0 Å². The van der Waals surface area contributed by atoms with E-state index in [1.54, 1.807) is 48.5 Å². The third kappa shape index (κ3) is 7.91. The van der Waals surface area contributed by atoms with Crippen LogP contribution >= 0.6 is 0 Å². The van der Waals surface area contributed by atoms with Crippen LogP contribution in [0.4, 0.5) is 0 Å². The average molecular weight is 639 g/mol. The van der Waals surface area contributed by atoms with Gasteiger partial charge in [-0.1, -0.05) is 78.9 Å². The molecule has 6 heteroatoms. The van der Waals surface area contributed by atoms with Crippen molar-refractivity contribution in [1.29, 1.82) is 0 Å². The number of ether oxygens (including phenoxy) is 4. The first kappa shape index (κ1) is 32.1. The van der Waals surface area contributed by atoms with Crippen molar-refractivity contribution in [2.24, 2.45) is 0 Å². The molecule has 0 saturated heterocycles. The van der Waals surface area contributed by atoms with Gasteiger partial charge >= 0.3 is 0 Å². The van der Waals surface area contributed by atoms with Gasteiger partial charge in [0.2, 0.25) is 0 Å². The molecule has 0 fully saturated rings. The Morgan fingerprint density at radius 3 is 1.02 bits per heavy atom. The Hall–Kier alpha value is -5.88. The maximum Gasteiger partial charge on any atom is 0.122 e. The second kappa shape index (κ2) is 15.1. The summed E-state index contributed by atoms with van der Waals surface area (Å²) in [6, 6.07) is 48.9. The molecule has 0 saturated carbocycles. The Morgan fingerprint density at radius 1 is 0.375 bits per heavy atom. The quantitative estimate of drug-likeness (QED) is 0.0916. The molecule has 0 heterocycles. The van der Waals surface area contributed by atoms with Crippen LogP contribution in [0.3, 0.4) is 0 Å². The molecule has 48 heavy (non-hydrogen) atoms. The smallest absolute Gasteiger partial charge is 0.122 e. The molecule has 242 valence electrons. The first-order chi connectivity index (χ1) is 23.5. The topological polar surface area (TPSA) is 77.4 Å². The molecule has 0 atom stereocenters. The van der Waals surface area contributed by atoms with Gasteiger partial charge in [0, 0.05) is 5.41 Å². The SMILES string of the molecule is CC(c1ccc(OCCOc2ccc(O)cc2)cc1)(c1ccc(OCCOc2ccc(O)cc2)cc1)c1ccc(-c2ccccc2)cc1. The monoisotopic (exact) mass is 638 g/mol. The maximum atomic E-state index is 9.46. The van der Waals surface area contributed by atoms with Gasteiger partial charge in [0.1, 0.15) is 60.9 Å². The normalized spacial score (nSPS) is 11.1. The summed E-state index contributed by atoms with van der Waals surface area (Å²) in [7, 11) is 0. The Balaban J connectivity index is 1.17. The van der Waals surface area contributed by atoms with E-state index in [2.05, 4.69) is 79.7 Å². The van der Waals surface area contributed by atoms with Crippen molar-refractivity contribution in [1.82, 2.24) is 0 Å². The van der Waals surface area contributed by atoms with Gasteiger partial charge in [0.25, 0.3) is 0 Å². The van der Waals surface area contributed by atoms with Crippen LogP contribution in [0.2, 0.25) is 0 Å². The number of phenols is 2. The van der Waals surface area contributed by atoms with Gasteiger partial charge in [-0.2, -0.15) is 0 Å². The number of phenolic OH excluding ortho intramolecular Hbond substituents is 2. The molecule has 0 aromatic heterocycles. The second-order valence-corrected chi connectivity index (χ2v) is 11.5. The third-order valence-corrected chi connectivity index (χ3v) is 8.35. The highest BCUT2D eigenvalue weighted by Crippen LogP contribution is 2.40. The van der Waals surface area contributed by atoms with Gasteiger partial charge in [-0.25, -0.2) is 0 Å². The Bertz CT molecular complexity index is 1750. The van der Waals surface area contributed by atoms with Crippen LogP contribution in [0.15, 0.2) is 152 Å². The molecule has 0 aliphatic rings. The Labute approximate surface area is 281 Å². The van der Waals surface area contributed by atoms with Crippen molar-refractivity contribution >= 4 is 0 Å². The number of hydrogen-bond donors (Lipinski definition) is 2. The van der Waals surface area contributed by atoms with Crippen LogP contribution in [0.5, 0.6) is 34.5 Å². The molecule has 0 unspecified atom stereocenters. The van der Waals surface area contributed by atoms with Crippen molar-refractivity contribution in [2.45, 2.75) is 12.3 Å². The molecule has 0 spiro atoms. The van der Waals surface area contributed by atoms with Crippen LogP contribution in [-0.4, -0.2) is 36.6 Å². The van der Waals surface area contributed by atoms with E-state index < -0.39 is 5.41 Å². The summed E-state index contributed by atoms with van der Waals surface area (Å²) in [6.07, 6.45) is 0. The molecular formula is C42H38O6. The summed E-state index contributed by atoms with van der Waals surface area (Å²) in [5.74, 6) is 3.28. The van der Waals surface area contributed by atoms with E-state index in [1.807, 2.05) is 30.3 Å². The summed E-state index contributed by atoms with van der Waals surface area (Å²) in [4.78, 5) is 0. The largest absolute Gasteiger partial charge is 0.508 e. The van der Waals surface area contributed by atoms with E-state index in [1.165, 1.54) is 11.1 Å². The summed E-state index contributed by atoms with van der Waals surface area (Å²) >= 11 is 0. The lowest BCUT2D eigenvalue weighted by Crippen LogP contribution is -2.25. The predicted molar refractivity (Wildman–Crippen MR) is 189 cm³/mol. The molecule has 2 N–H and O–H groups in total. The van der Waals surface area contributed by atoms with Gasteiger partial charge in [-0.15, -0.1) is 0 Å². The average Bonchev–Trinajstić information content (AvgIpc) is 3.14. The molecule has 6 nitrogen and oxygen atoms in total. The fraction of sp³-hybridized carbons (Fsp3) is 0.143. The van der Waals surface area contributed by atoms with E-state index in [4.69, 9.17) is 18.9 Å². The third-order valence-electron chi connectivity index (χ3n) is 8.35. The number of benzene rings is 6. The summed E-state index contributed by atoms with van der Waals surface area (Å²) < 4.78 is 23.4. The van der Waals surface area contributed by atoms with Gasteiger partial charge in [-0.05, 0) is 108 Å². The lowest BCUT2D eigenvalue weighted by Gasteiger charge is -2.32. The van der Waals surface area contributed by atoms with Crippen molar-refractivity contribution < 1.29 is 29.2 Å². The summed E-state index contributed by atoms with van der Waals surface area (Å²) in [5.41, 5.74) is 5.29.